The minimum Gasteiger partial charge on any atom is -0.370 e. The van der Waals surface area contributed by atoms with E-state index in [1.165, 1.54) is 103 Å². The first kappa shape index (κ1) is 17.3. The molecule has 21 heavy (non-hydrogen) atoms. The second kappa shape index (κ2) is 10.6. The summed E-state index contributed by atoms with van der Waals surface area (Å²) in [6.07, 6.45) is 24.6. The van der Waals surface area contributed by atoms with Crippen molar-refractivity contribution in [3.05, 3.63) is 0 Å². The molecule has 1 heterocycles. The fourth-order valence-electron chi connectivity index (χ4n) is 4.02. The lowest BCUT2D eigenvalue weighted by Crippen LogP contribution is -2.13. The molecule has 0 aromatic rings. The summed E-state index contributed by atoms with van der Waals surface area (Å²) in [6.45, 7) is 2.30. The van der Waals surface area contributed by atoms with Crippen LogP contribution >= 0.6 is 0 Å². The molecule has 3 unspecified atom stereocenters. The van der Waals surface area contributed by atoms with E-state index in [4.69, 9.17) is 4.74 Å². The van der Waals surface area contributed by atoms with Gasteiger partial charge in [0.2, 0.25) is 0 Å². The Labute approximate surface area is 133 Å². The maximum Gasteiger partial charge on any atom is 0.0844 e. The summed E-state index contributed by atoms with van der Waals surface area (Å²) in [5, 5.41) is 0. The zero-order valence-corrected chi connectivity index (χ0v) is 14.5. The van der Waals surface area contributed by atoms with Crippen molar-refractivity contribution >= 4 is 0 Å². The zero-order valence-electron chi connectivity index (χ0n) is 14.5. The van der Waals surface area contributed by atoms with Gasteiger partial charge in [-0.05, 0) is 25.2 Å². The average molecular weight is 295 g/mol. The molecular formula is C20H38O. The monoisotopic (exact) mass is 294 g/mol. The molecule has 1 heteroatoms. The van der Waals surface area contributed by atoms with E-state index in [1.807, 2.05) is 0 Å². The van der Waals surface area contributed by atoms with Crippen LogP contribution in [0.5, 0.6) is 0 Å². The molecule has 124 valence electrons. The van der Waals surface area contributed by atoms with Crippen LogP contribution < -0.4 is 0 Å². The van der Waals surface area contributed by atoms with Crippen molar-refractivity contribution in [1.29, 1.82) is 0 Å². The van der Waals surface area contributed by atoms with E-state index in [-0.39, 0.29) is 0 Å². The van der Waals surface area contributed by atoms with Crippen LogP contribution in [-0.2, 0) is 4.74 Å². The van der Waals surface area contributed by atoms with Gasteiger partial charge in [-0.3, -0.25) is 0 Å². The molecule has 0 aromatic carbocycles. The Kier molecular flexibility index (Phi) is 8.78. The standard InChI is InChI=1S/C20H38O/c1-2-3-4-5-6-7-8-9-10-11-12-13-14-18-15-16-19-20(17-18)21-19/h18-20H,2-17H2,1H3. The van der Waals surface area contributed by atoms with Crippen molar-refractivity contribution in [1.82, 2.24) is 0 Å². The Balaban J connectivity index is 1.27. The SMILES string of the molecule is CCCCCCCCCCCCCCC1CCC2OC2C1. The third-order valence-electron chi connectivity index (χ3n) is 5.58. The lowest BCUT2D eigenvalue weighted by molar-refractivity contribution is 0.343. The molecule has 0 amide bonds. The van der Waals surface area contributed by atoms with Gasteiger partial charge in [-0.15, -0.1) is 0 Å². The molecule has 0 aromatic heterocycles. The van der Waals surface area contributed by atoms with Gasteiger partial charge in [0, 0.05) is 0 Å². The van der Waals surface area contributed by atoms with Gasteiger partial charge in [0.1, 0.15) is 0 Å². The molecular weight excluding hydrogens is 256 g/mol. The van der Waals surface area contributed by atoms with Gasteiger partial charge in [0.15, 0.2) is 0 Å². The summed E-state index contributed by atoms with van der Waals surface area (Å²) in [7, 11) is 0. The molecule has 1 nitrogen and oxygen atoms in total. The molecule has 0 bridgehead atoms. The number of unbranched alkanes of at least 4 members (excludes halogenated alkanes) is 11. The van der Waals surface area contributed by atoms with E-state index in [9.17, 15) is 0 Å². The summed E-state index contributed by atoms with van der Waals surface area (Å²) in [5.41, 5.74) is 0. The van der Waals surface area contributed by atoms with Crippen LogP contribution in [0.25, 0.3) is 0 Å². The topological polar surface area (TPSA) is 12.5 Å². The van der Waals surface area contributed by atoms with Gasteiger partial charge in [0.05, 0.1) is 12.2 Å². The highest BCUT2D eigenvalue weighted by atomic mass is 16.6. The van der Waals surface area contributed by atoms with Crippen LogP contribution in [0.15, 0.2) is 0 Å². The number of ether oxygens (including phenoxy) is 1. The van der Waals surface area contributed by atoms with Gasteiger partial charge in [0.25, 0.3) is 0 Å². The first-order valence-electron chi connectivity index (χ1n) is 10.1. The zero-order chi connectivity index (χ0) is 14.8. The Morgan fingerprint density at radius 3 is 1.81 bits per heavy atom. The molecule has 2 fully saturated rings. The number of hydrogen-bond donors (Lipinski definition) is 0. The minimum atomic E-state index is 0.682. The quantitative estimate of drug-likeness (QED) is 0.274. The van der Waals surface area contributed by atoms with Gasteiger partial charge >= 0.3 is 0 Å². The molecule has 1 saturated heterocycles. The van der Waals surface area contributed by atoms with Crippen molar-refractivity contribution in [3.8, 4) is 0 Å². The Bertz CT molecular complexity index is 250. The largest absolute Gasteiger partial charge is 0.370 e. The second-order valence-electron chi connectivity index (χ2n) is 7.57. The number of fused-ring (bicyclic) bond motifs is 1. The van der Waals surface area contributed by atoms with Crippen molar-refractivity contribution in [2.24, 2.45) is 5.92 Å². The second-order valence-corrected chi connectivity index (χ2v) is 7.57. The van der Waals surface area contributed by atoms with Crippen LogP contribution in [-0.4, -0.2) is 12.2 Å². The predicted octanol–water partition coefficient (Wildman–Crippen LogP) is 6.65. The van der Waals surface area contributed by atoms with E-state index in [0.717, 1.165) is 5.92 Å². The average Bonchev–Trinajstić information content (AvgIpc) is 3.27. The van der Waals surface area contributed by atoms with Crippen LogP contribution in [0, 0.1) is 5.92 Å². The summed E-state index contributed by atoms with van der Waals surface area (Å²) in [4.78, 5) is 0. The fraction of sp³-hybridized carbons (Fsp3) is 1.00. The third kappa shape index (κ3) is 7.68. The maximum absolute atomic E-state index is 5.62. The van der Waals surface area contributed by atoms with E-state index in [1.54, 1.807) is 0 Å². The van der Waals surface area contributed by atoms with Gasteiger partial charge in [-0.1, -0.05) is 90.4 Å². The maximum atomic E-state index is 5.62. The van der Waals surface area contributed by atoms with Crippen LogP contribution in [0.2, 0.25) is 0 Å². The van der Waals surface area contributed by atoms with Crippen molar-refractivity contribution < 1.29 is 4.74 Å². The Hall–Kier alpha value is -0.0400. The van der Waals surface area contributed by atoms with Crippen LogP contribution in [0.1, 0.15) is 110 Å². The Morgan fingerprint density at radius 1 is 0.667 bits per heavy atom. The van der Waals surface area contributed by atoms with E-state index in [2.05, 4.69) is 6.92 Å². The van der Waals surface area contributed by atoms with Gasteiger partial charge in [-0.25, -0.2) is 0 Å². The lowest BCUT2D eigenvalue weighted by Gasteiger charge is -2.18. The Morgan fingerprint density at radius 2 is 1.24 bits per heavy atom. The molecule has 0 radical (unpaired) electrons. The highest BCUT2D eigenvalue weighted by Gasteiger charge is 2.43. The van der Waals surface area contributed by atoms with Crippen molar-refractivity contribution in [3.63, 3.8) is 0 Å². The summed E-state index contributed by atoms with van der Waals surface area (Å²) < 4.78 is 5.62. The lowest BCUT2D eigenvalue weighted by atomic mass is 9.85. The molecule has 2 rings (SSSR count). The first-order chi connectivity index (χ1) is 10.4. The van der Waals surface area contributed by atoms with Crippen molar-refractivity contribution in [2.45, 2.75) is 122 Å². The molecule has 0 N–H and O–H groups in total. The van der Waals surface area contributed by atoms with Crippen molar-refractivity contribution in [2.75, 3.05) is 0 Å². The fourth-order valence-corrected chi connectivity index (χ4v) is 4.02. The van der Waals surface area contributed by atoms with Crippen LogP contribution in [0.3, 0.4) is 0 Å². The van der Waals surface area contributed by atoms with Gasteiger partial charge in [-0.2, -0.15) is 0 Å². The van der Waals surface area contributed by atoms with Gasteiger partial charge < -0.3 is 4.74 Å². The summed E-state index contributed by atoms with van der Waals surface area (Å²) >= 11 is 0. The summed E-state index contributed by atoms with van der Waals surface area (Å²) in [6, 6.07) is 0. The normalized spacial score (nSPS) is 27.6. The third-order valence-corrected chi connectivity index (χ3v) is 5.58. The van der Waals surface area contributed by atoms with Crippen LogP contribution in [0.4, 0.5) is 0 Å². The predicted molar refractivity (Wildman–Crippen MR) is 91.7 cm³/mol. The molecule has 1 aliphatic carbocycles. The molecule has 1 saturated carbocycles. The molecule has 0 spiro atoms. The smallest absolute Gasteiger partial charge is 0.0844 e. The van der Waals surface area contributed by atoms with E-state index in [0.29, 0.717) is 12.2 Å². The first-order valence-corrected chi connectivity index (χ1v) is 10.1. The van der Waals surface area contributed by atoms with E-state index < -0.39 is 0 Å². The minimum absolute atomic E-state index is 0.682. The highest BCUT2D eigenvalue weighted by molar-refractivity contribution is 4.91. The molecule has 1 aliphatic heterocycles. The number of hydrogen-bond acceptors (Lipinski definition) is 1. The number of rotatable bonds is 13. The van der Waals surface area contributed by atoms with E-state index >= 15 is 0 Å². The molecule has 3 atom stereocenters. The summed E-state index contributed by atoms with van der Waals surface area (Å²) in [5.74, 6) is 0.997. The highest BCUT2D eigenvalue weighted by Crippen LogP contribution is 2.41. The number of epoxide rings is 1. The molecule has 2 aliphatic rings.